The Kier molecular flexibility index (Phi) is 11.3. The lowest BCUT2D eigenvalue weighted by Gasteiger charge is -2.30. The highest BCUT2D eigenvalue weighted by Gasteiger charge is 2.39. The normalized spacial score (nSPS) is 14.7. The van der Waals surface area contributed by atoms with E-state index in [2.05, 4.69) is 325 Å². The second kappa shape index (κ2) is 19.0. The van der Waals surface area contributed by atoms with Gasteiger partial charge in [0.1, 0.15) is 0 Å². The Morgan fingerprint density at radius 2 is 0.624 bits per heavy atom. The highest BCUT2D eigenvalue weighted by molar-refractivity contribution is 6.15. The molecule has 13 aromatic carbocycles. The number of nitrogens with zero attached hydrogens (tertiary/aromatic N) is 1. The predicted molar refractivity (Wildman–Crippen MR) is 364 cm³/mol. The van der Waals surface area contributed by atoms with Gasteiger partial charge in [-0.15, -0.1) is 0 Å². The van der Waals surface area contributed by atoms with E-state index in [0.717, 1.165) is 22.7 Å². The van der Waals surface area contributed by atoms with Gasteiger partial charge in [0.2, 0.25) is 0 Å². The molecule has 0 aliphatic heterocycles. The lowest BCUT2D eigenvalue weighted by atomic mass is 9.81. The molecular formula is C83H64N2. The maximum Gasteiger partial charge on any atom is 0.0546 e. The van der Waals surface area contributed by atoms with Crippen molar-refractivity contribution in [3.05, 3.63) is 304 Å². The van der Waals surface area contributed by atoms with Crippen molar-refractivity contribution >= 4 is 95.8 Å². The molecule has 3 aliphatic carbocycles. The molecule has 0 spiro atoms. The van der Waals surface area contributed by atoms with Crippen LogP contribution in [0.2, 0.25) is 0 Å². The van der Waals surface area contributed by atoms with Crippen molar-refractivity contribution in [1.82, 2.24) is 0 Å². The summed E-state index contributed by atoms with van der Waals surface area (Å²) in [5.41, 5.74) is 26.1. The van der Waals surface area contributed by atoms with E-state index in [4.69, 9.17) is 0 Å². The summed E-state index contributed by atoms with van der Waals surface area (Å²) >= 11 is 0. The van der Waals surface area contributed by atoms with Crippen LogP contribution in [-0.2, 0) is 16.2 Å². The van der Waals surface area contributed by atoms with Crippen LogP contribution < -0.4 is 10.2 Å². The van der Waals surface area contributed by atoms with E-state index in [0.29, 0.717) is 0 Å². The van der Waals surface area contributed by atoms with E-state index in [-0.39, 0.29) is 16.2 Å². The first-order chi connectivity index (χ1) is 41.3. The van der Waals surface area contributed by atoms with Gasteiger partial charge in [0.05, 0.1) is 5.69 Å². The Hall–Kier alpha value is -10.0. The summed E-state index contributed by atoms with van der Waals surface area (Å²) in [6, 6.07) is 92.9. The van der Waals surface area contributed by atoms with Gasteiger partial charge in [0.25, 0.3) is 0 Å². The Bertz CT molecular complexity index is 5020. The molecular weight excluding hydrogens is 1020 g/mol. The molecule has 0 radical (unpaired) electrons. The second-order valence-corrected chi connectivity index (χ2v) is 25.5. The van der Waals surface area contributed by atoms with Gasteiger partial charge < -0.3 is 10.2 Å². The minimum atomic E-state index is -0.226. The summed E-state index contributed by atoms with van der Waals surface area (Å²) in [5.74, 6) is 0. The molecule has 85 heavy (non-hydrogen) atoms. The van der Waals surface area contributed by atoms with Crippen molar-refractivity contribution in [3.8, 4) is 33.4 Å². The first kappa shape index (κ1) is 50.7. The third-order valence-electron chi connectivity index (χ3n) is 19.3. The van der Waals surface area contributed by atoms with Crippen LogP contribution in [0.1, 0.15) is 97.2 Å². The second-order valence-electron chi connectivity index (χ2n) is 25.5. The van der Waals surface area contributed by atoms with Gasteiger partial charge >= 0.3 is 0 Å². The molecule has 3 aliphatic rings. The summed E-state index contributed by atoms with van der Waals surface area (Å²) in [6.07, 6.45) is 9.19. The molecule has 0 fully saturated rings. The van der Waals surface area contributed by atoms with Gasteiger partial charge in [-0.05, 0) is 181 Å². The highest BCUT2D eigenvalue weighted by Crippen LogP contribution is 2.54. The van der Waals surface area contributed by atoms with E-state index >= 15 is 0 Å². The number of nitrogens with one attached hydrogen (secondary N) is 1. The van der Waals surface area contributed by atoms with E-state index < -0.39 is 0 Å². The van der Waals surface area contributed by atoms with E-state index in [1.807, 2.05) is 0 Å². The third-order valence-corrected chi connectivity index (χ3v) is 19.3. The Labute approximate surface area is 498 Å². The summed E-state index contributed by atoms with van der Waals surface area (Å²) < 4.78 is 0. The zero-order valence-electron chi connectivity index (χ0n) is 48.9. The van der Waals surface area contributed by atoms with Crippen molar-refractivity contribution in [2.24, 2.45) is 0 Å². The summed E-state index contributed by atoms with van der Waals surface area (Å²) in [7, 11) is 0. The van der Waals surface area contributed by atoms with E-state index in [1.165, 1.54) is 138 Å². The van der Waals surface area contributed by atoms with Gasteiger partial charge in [-0.3, -0.25) is 0 Å². The molecule has 2 heteroatoms. The maximum atomic E-state index is 3.70. The largest absolute Gasteiger partial charge is 0.355 e. The molecule has 0 saturated heterocycles. The van der Waals surface area contributed by atoms with Gasteiger partial charge in [-0.2, -0.15) is 0 Å². The maximum absolute atomic E-state index is 3.70. The monoisotopic (exact) mass is 1090 g/mol. The van der Waals surface area contributed by atoms with Crippen LogP contribution in [0.4, 0.5) is 28.4 Å². The minimum Gasteiger partial charge on any atom is -0.355 e. The SMILES string of the molecule is CC1(C)c2cc(/C=C/c3ccc4c(c3)C(C)(C)c3cc(Nc5ccc6ccccc6c5)ccc3-4)ccc2-c2ccc(/C=C/c3ccc4c(c3)C(C)(C)c3cc(N(c5ccc6ccccc6c5)c5cc6ccccc6c6ccccc56)ccc3-4)cc21. The van der Waals surface area contributed by atoms with Gasteiger partial charge in [0, 0.05) is 44.4 Å². The van der Waals surface area contributed by atoms with Crippen LogP contribution in [0.3, 0.4) is 0 Å². The molecule has 13 aromatic rings. The minimum absolute atomic E-state index is 0.136. The fourth-order valence-electron chi connectivity index (χ4n) is 14.7. The number of benzene rings is 13. The van der Waals surface area contributed by atoms with E-state index in [9.17, 15) is 0 Å². The summed E-state index contributed by atoms with van der Waals surface area (Å²) in [4.78, 5) is 2.48. The predicted octanol–water partition coefficient (Wildman–Crippen LogP) is 22.8. The first-order valence-corrected chi connectivity index (χ1v) is 30.0. The Morgan fingerprint density at radius 3 is 1.15 bits per heavy atom. The molecule has 0 amide bonds. The van der Waals surface area contributed by atoms with Crippen molar-refractivity contribution in [1.29, 1.82) is 0 Å². The van der Waals surface area contributed by atoms with Crippen LogP contribution >= 0.6 is 0 Å². The van der Waals surface area contributed by atoms with Gasteiger partial charge in [0.15, 0.2) is 0 Å². The lowest BCUT2D eigenvalue weighted by molar-refractivity contribution is 0.660. The molecule has 0 bridgehead atoms. The van der Waals surface area contributed by atoms with Crippen LogP contribution in [0, 0.1) is 0 Å². The zero-order valence-corrected chi connectivity index (χ0v) is 48.9. The number of hydrogen-bond donors (Lipinski definition) is 1. The van der Waals surface area contributed by atoms with Crippen molar-refractivity contribution in [2.45, 2.75) is 57.8 Å². The molecule has 0 saturated carbocycles. The van der Waals surface area contributed by atoms with Gasteiger partial charge in [-0.25, -0.2) is 0 Å². The Balaban J connectivity index is 0.650. The van der Waals surface area contributed by atoms with Crippen LogP contribution in [0.5, 0.6) is 0 Å². The first-order valence-electron chi connectivity index (χ1n) is 30.0. The zero-order chi connectivity index (χ0) is 57.3. The topological polar surface area (TPSA) is 15.3 Å². The molecule has 0 aromatic heterocycles. The number of anilines is 5. The lowest BCUT2D eigenvalue weighted by Crippen LogP contribution is -2.17. The quantitative estimate of drug-likeness (QED) is 0.114. The fourth-order valence-corrected chi connectivity index (χ4v) is 14.7. The standard InChI is InChI=1S/C83H64N2/c1-81(2)74-43-52(23-25-54-29-39-69-71-41-34-62(50-78(71)82(3,4)76(69)45-54)84-61-33-31-56-15-7-9-17-58(56)47-61)27-37-67(74)68-38-28-53(44-75(68)81)24-26-55-30-40-70-72-42-36-64(51-79(72)83(5,6)77(70)46-55)85(63-35-32-57-16-8-10-18-59(57)48-63)80-49-60-19-11-12-20-65(60)66-21-13-14-22-73(66)80/h7-51,84H,1-6H3/b25-23+,26-24+. The molecule has 2 nitrogen and oxygen atoms in total. The van der Waals surface area contributed by atoms with Crippen molar-refractivity contribution in [3.63, 3.8) is 0 Å². The molecule has 406 valence electrons. The summed E-state index contributed by atoms with van der Waals surface area (Å²) in [6.45, 7) is 14.3. The van der Waals surface area contributed by atoms with Crippen LogP contribution in [0.15, 0.2) is 249 Å². The average molecular weight is 1090 g/mol. The average Bonchev–Trinajstić information content (AvgIpc) is 1.84. The molecule has 1 N–H and O–H groups in total. The van der Waals surface area contributed by atoms with Crippen molar-refractivity contribution < 1.29 is 0 Å². The number of rotatable bonds is 9. The van der Waals surface area contributed by atoms with E-state index in [1.54, 1.807) is 0 Å². The molecule has 0 unspecified atom stereocenters. The molecule has 0 heterocycles. The van der Waals surface area contributed by atoms with Crippen LogP contribution in [0.25, 0.3) is 101 Å². The van der Waals surface area contributed by atoms with Gasteiger partial charge in [-0.1, -0.05) is 260 Å². The van der Waals surface area contributed by atoms with Crippen molar-refractivity contribution in [2.75, 3.05) is 10.2 Å². The highest BCUT2D eigenvalue weighted by atomic mass is 15.1. The molecule has 0 atom stereocenters. The smallest absolute Gasteiger partial charge is 0.0546 e. The fraction of sp³-hybridized carbons (Fsp3) is 0.108. The third kappa shape index (κ3) is 8.22. The number of hydrogen-bond acceptors (Lipinski definition) is 2. The molecule has 16 rings (SSSR count). The van der Waals surface area contributed by atoms with Crippen LogP contribution in [-0.4, -0.2) is 0 Å². The number of fused-ring (bicyclic) bond motifs is 14. The summed E-state index contributed by atoms with van der Waals surface area (Å²) in [5, 5.41) is 13.6. The Morgan fingerprint density at radius 1 is 0.271 bits per heavy atom.